The Balaban J connectivity index is 2.30. The monoisotopic (exact) mass is 435 g/mol. The Morgan fingerprint density at radius 3 is 2.62 bits per heavy atom. The molecule has 1 aromatic carbocycles. The minimum Gasteiger partial charge on any atom is -0.465 e. The number of carbonyl (C=O) groups is 1. The number of halogens is 1. The highest BCUT2D eigenvalue weighted by molar-refractivity contribution is 9.10. The van der Waals surface area contributed by atoms with Crippen LogP contribution in [0.3, 0.4) is 0 Å². The van der Waals surface area contributed by atoms with Gasteiger partial charge < -0.3 is 14.5 Å². The van der Waals surface area contributed by atoms with Crippen LogP contribution in [0.4, 0.5) is 0 Å². The predicted molar refractivity (Wildman–Crippen MR) is 112 cm³/mol. The smallest absolute Gasteiger partial charge is 0.344 e. The number of ether oxygens (including phenoxy) is 2. The average Bonchev–Trinajstić information content (AvgIpc) is 2.88. The molecule has 0 radical (unpaired) electrons. The standard InChI is InChI=1S/C20H26BrNO3Si/c1-7-24-19(23)17-15-13-14(21)9-10-16(15)22-18(17)25-11-8-12-26(5,6)20(2,3)4/h9-10,13,22H,7,11H2,1-6H3. The van der Waals surface area contributed by atoms with Gasteiger partial charge in [0.2, 0.25) is 5.88 Å². The van der Waals surface area contributed by atoms with Gasteiger partial charge in [-0.1, -0.05) is 55.7 Å². The lowest BCUT2D eigenvalue weighted by Gasteiger charge is -2.31. The van der Waals surface area contributed by atoms with E-state index >= 15 is 0 Å². The van der Waals surface area contributed by atoms with Gasteiger partial charge in [-0.15, -0.1) is 5.54 Å². The van der Waals surface area contributed by atoms with Gasteiger partial charge in [0.25, 0.3) is 0 Å². The molecule has 4 nitrogen and oxygen atoms in total. The molecule has 0 amide bonds. The molecule has 0 saturated heterocycles. The van der Waals surface area contributed by atoms with Crippen LogP contribution in [0.15, 0.2) is 22.7 Å². The first-order valence-corrected chi connectivity index (χ1v) is 12.5. The number of benzene rings is 1. The Morgan fingerprint density at radius 2 is 2.00 bits per heavy atom. The lowest BCUT2D eigenvalue weighted by atomic mass is 10.2. The molecule has 1 heterocycles. The molecule has 0 spiro atoms. The fraction of sp³-hybridized carbons (Fsp3) is 0.450. The minimum absolute atomic E-state index is 0.198. The fourth-order valence-corrected chi connectivity index (χ4v) is 3.46. The first-order valence-electron chi connectivity index (χ1n) is 8.68. The molecule has 2 aromatic rings. The van der Waals surface area contributed by atoms with Crippen molar-refractivity contribution in [1.82, 2.24) is 4.98 Å². The van der Waals surface area contributed by atoms with Crippen LogP contribution >= 0.6 is 15.9 Å². The molecule has 0 unspecified atom stereocenters. The number of aromatic nitrogens is 1. The molecular formula is C20H26BrNO3Si. The molecule has 6 heteroatoms. The summed E-state index contributed by atoms with van der Waals surface area (Å²) in [5, 5.41) is 0.967. The van der Waals surface area contributed by atoms with E-state index < -0.39 is 14.0 Å². The van der Waals surface area contributed by atoms with Gasteiger partial charge in [0.15, 0.2) is 0 Å². The molecular weight excluding hydrogens is 410 g/mol. The van der Waals surface area contributed by atoms with Crippen molar-refractivity contribution in [2.24, 2.45) is 0 Å². The molecule has 0 aliphatic carbocycles. The maximum absolute atomic E-state index is 12.4. The van der Waals surface area contributed by atoms with E-state index in [1.807, 2.05) is 18.2 Å². The number of nitrogens with one attached hydrogen (secondary N) is 1. The van der Waals surface area contributed by atoms with Crippen molar-refractivity contribution in [3.63, 3.8) is 0 Å². The topological polar surface area (TPSA) is 51.3 Å². The summed E-state index contributed by atoms with van der Waals surface area (Å²) in [5.74, 6) is 3.15. The highest BCUT2D eigenvalue weighted by atomic mass is 79.9. The van der Waals surface area contributed by atoms with Crippen molar-refractivity contribution in [3.05, 3.63) is 28.2 Å². The summed E-state index contributed by atoms with van der Waals surface area (Å²) in [5.41, 5.74) is 4.65. The number of hydrogen-bond donors (Lipinski definition) is 1. The third-order valence-corrected chi connectivity index (χ3v) is 9.82. The van der Waals surface area contributed by atoms with Gasteiger partial charge in [0.1, 0.15) is 20.2 Å². The van der Waals surface area contributed by atoms with E-state index in [0.717, 1.165) is 15.4 Å². The maximum Gasteiger partial charge on any atom is 0.344 e. The Labute approximate surface area is 164 Å². The van der Waals surface area contributed by atoms with E-state index in [1.54, 1.807) is 6.92 Å². The van der Waals surface area contributed by atoms with Gasteiger partial charge in [-0.25, -0.2) is 4.79 Å². The molecule has 0 fully saturated rings. The third-order valence-electron chi connectivity index (χ3n) is 4.77. The van der Waals surface area contributed by atoms with Gasteiger partial charge >= 0.3 is 5.97 Å². The second-order valence-corrected chi connectivity index (χ2v) is 13.6. The molecule has 0 bridgehead atoms. The van der Waals surface area contributed by atoms with Crippen LogP contribution in [0.1, 0.15) is 38.1 Å². The predicted octanol–water partition coefficient (Wildman–Crippen LogP) is 5.54. The Bertz CT molecular complexity index is 869. The Hall–Kier alpha value is -1.71. The molecule has 140 valence electrons. The normalized spacial score (nSPS) is 11.8. The second kappa shape index (κ2) is 7.89. The lowest BCUT2D eigenvalue weighted by Crippen LogP contribution is -2.35. The third kappa shape index (κ3) is 4.52. The molecule has 0 aliphatic rings. The Morgan fingerprint density at radius 1 is 1.31 bits per heavy atom. The summed E-state index contributed by atoms with van der Waals surface area (Å²) in [6.45, 7) is 13.5. The zero-order valence-electron chi connectivity index (χ0n) is 16.2. The highest BCUT2D eigenvalue weighted by Crippen LogP contribution is 2.35. The van der Waals surface area contributed by atoms with Crippen LogP contribution < -0.4 is 4.74 Å². The van der Waals surface area contributed by atoms with Crippen LogP contribution in [0.5, 0.6) is 5.88 Å². The highest BCUT2D eigenvalue weighted by Gasteiger charge is 2.33. The maximum atomic E-state index is 12.4. The van der Waals surface area contributed by atoms with Crippen molar-refractivity contribution in [1.29, 1.82) is 0 Å². The SMILES string of the molecule is CCOC(=O)c1c(OCC#C[Si](C)(C)C(C)(C)C)[nH]c2ccc(Br)cc12. The van der Waals surface area contributed by atoms with Crippen molar-refractivity contribution < 1.29 is 14.3 Å². The van der Waals surface area contributed by atoms with Crippen molar-refractivity contribution >= 4 is 40.9 Å². The van der Waals surface area contributed by atoms with Crippen LogP contribution in [0.2, 0.25) is 18.1 Å². The summed E-state index contributed by atoms with van der Waals surface area (Å²) in [4.78, 5) is 15.6. The fourth-order valence-electron chi connectivity index (χ4n) is 2.21. The zero-order valence-corrected chi connectivity index (χ0v) is 18.8. The first-order chi connectivity index (χ1) is 12.1. The number of aromatic amines is 1. The summed E-state index contributed by atoms with van der Waals surface area (Å²) in [6, 6.07) is 5.69. The van der Waals surface area contributed by atoms with Crippen molar-refractivity contribution in [2.75, 3.05) is 13.2 Å². The molecule has 2 rings (SSSR count). The van der Waals surface area contributed by atoms with E-state index in [4.69, 9.17) is 9.47 Å². The van der Waals surface area contributed by atoms with Crippen molar-refractivity contribution in [3.8, 4) is 17.3 Å². The van der Waals surface area contributed by atoms with Crippen molar-refractivity contribution in [2.45, 2.75) is 45.8 Å². The molecule has 0 saturated carbocycles. The van der Waals surface area contributed by atoms with Crippen LogP contribution in [-0.4, -0.2) is 32.2 Å². The first kappa shape index (κ1) is 20.6. The van der Waals surface area contributed by atoms with E-state index in [-0.39, 0.29) is 11.6 Å². The Kier molecular flexibility index (Phi) is 6.25. The minimum atomic E-state index is -1.68. The number of rotatable bonds is 4. The van der Waals surface area contributed by atoms with Crippen LogP contribution in [0, 0.1) is 11.5 Å². The number of H-pyrrole nitrogens is 1. The lowest BCUT2D eigenvalue weighted by molar-refractivity contribution is 0.0524. The molecule has 1 aromatic heterocycles. The number of fused-ring (bicyclic) bond motifs is 1. The summed E-state index contributed by atoms with van der Waals surface area (Å²) in [7, 11) is -1.68. The van der Waals surface area contributed by atoms with Crippen LogP contribution in [-0.2, 0) is 4.74 Å². The van der Waals surface area contributed by atoms with Gasteiger partial charge in [0, 0.05) is 15.4 Å². The number of esters is 1. The summed E-state index contributed by atoms with van der Waals surface area (Å²) < 4.78 is 11.9. The average molecular weight is 436 g/mol. The van der Waals surface area contributed by atoms with E-state index in [9.17, 15) is 4.79 Å². The molecule has 1 N–H and O–H groups in total. The summed E-state index contributed by atoms with van der Waals surface area (Å²) in [6.07, 6.45) is 0. The van der Waals surface area contributed by atoms with E-state index in [0.29, 0.717) is 18.1 Å². The van der Waals surface area contributed by atoms with E-state index in [2.05, 4.69) is 66.2 Å². The second-order valence-electron chi connectivity index (χ2n) is 7.70. The van der Waals surface area contributed by atoms with Gasteiger partial charge in [-0.3, -0.25) is 0 Å². The van der Waals surface area contributed by atoms with Gasteiger partial charge in [-0.05, 0) is 30.2 Å². The van der Waals surface area contributed by atoms with Gasteiger partial charge in [-0.2, -0.15) is 0 Å². The summed E-state index contributed by atoms with van der Waals surface area (Å²) >= 11 is 3.44. The largest absolute Gasteiger partial charge is 0.465 e. The van der Waals surface area contributed by atoms with Gasteiger partial charge in [0.05, 0.1) is 6.61 Å². The number of carbonyl (C=O) groups excluding carboxylic acids is 1. The quantitative estimate of drug-likeness (QED) is 0.389. The van der Waals surface area contributed by atoms with E-state index in [1.165, 1.54) is 0 Å². The molecule has 26 heavy (non-hydrogen) atoms. The van der Waals surface area contributed by atoms with Crippen LogP contribution in [0.25, 0.3) is 10.9 Å². The zero-order chi connectivity index (χ0) is 19.5. The molecule has 0 aliphatic heterocycles. The number of hydrogen-bond acceptors (Lipinski definition) is 3. The molecule has 0 atom stereocenters.